The van der Waals surface area contributed by atoms with E-state index in [2.05, 4.69) is 169 Å². The number of rotatable bonds is 5. The lowest BCUT2D eigenvalue weighted by molar-refractivity contribution is 0.766. The molecule has 0 unspecified atom stereocenters. The highest BCUT2D eigenvalue weighted by molar-refractivity contribution is 6.25. The van der Waals surface area contributed by atoms with Gasteiger partial charge in [0.1, 0.15) is 11.0 Å². The minimum Gasteiger partial charge on any atom is -0.264 e. The van der Waals surface area contributed by atoms with Gasteiger partial charge in [-0.15, -0.1) is 10.2 Å². The normalized spacial score (nSPS) is 11.5. The number of aromatic nitrogens is 4. The van der Waals surface area contributed by atoms with Crippen LogP contribution < -0.4 is 0 Å². The summed E-state index contributed by atoms with van der Waals surface area (Å²) in [5.74, 6) is 0. The number of pyridine rings is 1. The van der Waals surface area contributed by atoms with Crippen molar-refractivity contribution < 1.29 is 0 Å². The third-order valence-electron chi connectivity index (χ3n) is 9.97. The zero-order valence-electron chi connectivity index (χ0n) is 27.6. The van der Waals surface area contributed by atoms with E-state index in [1.54, 1.807) is 11.0 Å². The number of nitrogens with zero attached hydrogens (tertiary/aromatic N) is 4. The molecule has 0 fully saturated rings. The molecule has 0 bridgehead atoms. The summed E-state index contributed by atoms with van der Waals surface area (Å²) in [5.41, 5.74) is 12.1. The van der Waals surface area contributed by atoms with Crippen molar-refractivity contribution in [3.63, 3.8) is 0 Å². The van der Waals surface area contributed by atoms with E-state index in [4.69, 9.17) is 10.2 Å². The standard InChI is InChI=1S/C47H30N4/c1-2-11-34(12-3-1)45-38-15-5-7-17-40(38)46(41-18-8-6-16-39(41)45)43-29-44-47(42-19-9-4-14-37(42)43)50-51(49-44)36-26-24-32(25-27-36)31-20-22-33(23-21-31)35-13-10-28-48-30-35/h1-30H. The van der Waals surface area contributed by atoms with Gasteiger partial charge in [-0.1, -0.05) is 146 Å². The first-order valence-corrected chi connectivity index (χ1v) is 17.2. The molecule has 4 heteroatoms. The van der Waals surface area contributed by atoms with Crippen molar-refractivity contribution in [2.75, 3.05) is 0 Å². The van der Waals surface area contributed by atoms with Gasteiger partial charge in [0.15, 0.2) is 0 Å². The minimum absolute atomic E-state index is 0.860. The second-order valence-electron chi connectivity index (χ2n) is 12.9. The first-order chi connectivity index (χ1) is 25.3. The summed E-state index contributed by atoms with van der Waals surface area (Å²) in [7, 11) is 0. The average Bonchev–Trinajstić information content (AvgIpc) is 3.65. The smallest absolute Gasteiger partial charge is 0.121 e. The van der Waals surface area contributed by atoms with Gasteiger partial charge in [-0.2, -0.15) is 4.80 Å². The predicted octanol–water partition coefficient (Wildman–Crippen LogP) is 11.9. The summed E-state index contributed by atoms with van der Waals surface area (Å²) in [5, 5.41) is 17.3. The lowest BCUT2D eigenvalue weighted by Crippen LogP contribution is -1.98. The van der Waals surface area contributed by atoms with Crippen LogP contribution in [0.25, 0.3) is 93.5 Å². The Morgan fingerprint density at radius 1 is 0.373 bits per heavy atom. The van der Waals surface area contributed by atoms with E-state index in [0.29, 0.717) is 0 Å². The van der Waals surface area contributed by atoms with Gasteiger partial charge in [0.2, 0.25) is 0 Å². The van der Waals surface area contributed by atoms with Gasteiger partial charge in [-0.25, -0.2) is 0 Å². The van der Waals surface area contributed by atoms with Gasteiger partial charge >= 0.3 is 0 Å². The van der Waals surface area contributed by atoms with Crippen molar-refractivity contribution in [1.82, 2.24) is 20.0 Å². The highest BCUT2D eigenvalue weighted by Gasteiger charge is 2.20. The summed E-state index contributed by atoms with van der Waals surface area (Å²) in [4.78, 5) is 6.02. The zero-order valence-corrected chi connectivity index (χ0v) is 27.6. The van der Waals surface area contributed by atoms with E-state index in [1.807, 2.05) is 12.3 Å². The van der Waals surface area contributed by atoms with E-state index in [1.165, 1.54) is 38.2 Å². The maximum Gasteiger partial charge on any atom is 0.121 e. The Hall–Kier alpha value is -6.91. The summed E-state index contributed by atoms with van der Waals surface area (Å²) in [6.07, 6.45) is 3.69. The van der Waals surface area contributed by atoms with Gasteiger partial charge < -0.3 is 0 Å². The molecule has 10 aromatic rings. The highest BCUT2D eigenvalue weighted by Crippen LogP contribution is 2.46. The monoisotopic (exact) mass is 650 g/mol. The Labute approximate surface area is 294 Å². The molecule has 0 saturated carbocycles. The van der Waals surface area contributed by atoms with E-state index in [-0.39, 0.29) is 0 Å². The molecule has 0 N–H and O–H groups in total. The van der Waals surface area contributed by atoms with Crippen LogP contribution in [0.3, 0.4) is 0 Å². The molecule has 0 saturated heterocycles. The summed E-state index contributed by atoms with van der Waals surface area (Å²) in [6.45, 7) is 0. The fourth-order valence-electron chi connectivity index (χ4n) is 7.58. The third kappa shape index (κ3) is 4.88. The molecule has 0 amide bonds. The quantitative estimate of drug-likeness (QED) is 0.174. The van der Waals surface area contributed by atoms with Gasteiger partial charge in [-0.3, -0.25) is 4.98 Å². The lowest BCUT2D eigenvalue weighted by atomic mass is 9.84. The number of hydrogen-bond donors (Lipinski definition) is 0. The summed E-state index contributed by atoms with van der Waals surface area (Å²) in [6, 6.07) is 60.3. The summed E-state index contributed by atoms with van der Waals surface area (Å²) < 4.78 is 0. The van der Waals surface area contributed by atoms with Crippen LogP contribution in [0.4, 0.5) is 0 Å². The Kier molecular flexibility index (Phi) is 6.78. The Balaban J connectivity index is 1.11. The predicted molar refractivity (Wildman–Crippen MR) is 211 cm³/mol. The number of fused-ring (bicyclic) bond motifs is 5. The maximum atomic E-state index is 5.09. The van der Waals surface area contributed by atoms with Crippen molar-refractivity contribution in [3.8, 4) is 50.2 Å². The van der Waals surface area contributed by atoms with Gasteiger partial charge in [0.25, 0.3) is 0 Å². The molecule has 0 spiro atoms. The molecule has 0 aliphatic carbocycles. The molecule has 8 aromatic carbocycles. The molecule has 51 heavy (non-hydrogen) atoms. The van der Waals surface area contributed by atoms with E-state index >= 15 is 0 Å². The van der Waals surface area contributed by atoms with Crippen LogP contribution in [0, 0.1) is 0 Å². The SMILES string of the molecule is c1ccc(-c2c3ccccc3c(-c3cc4nn(-c5ccc(-c6ccc(-c7cccnc7)cc6)cc5)nc4c4ccccc34)c3ccccc23)cc1. The summed E-state index contributed by atoms with van der Waals surface area (Å²) >= 11 is 0. The maximum absolute atomic E-state index is 5.09. The fourth-order valence-corrected chi connectivity index (χ4v) is 7.58. The van der Waals surface area contributed by atoms with Crippen molar-refractivity contribution in [2.24, 2.45) is 0 Å². The molecule has 0 radical (unpaired) electrons. The van der Waals surface area contributed by atoms with Crippen LogP contribution in [-0.2, 0) is 0 Å². The molecule has 238 valence electrons. The van der Waals surface area contributed by atoms with Crippen molar-refractivity contribution in [3.05, 3.63) is 182 Å². The van der Waals surface area contributed by atoms with Crippen molar-refractivity contribution in [2.45, 2.75) is 0 Å². The van der Waals surface area contributed by atoms with Crippen molar-refractivity contribution >= 4 is 43.4 Å². The topological polar surface area (TPSA) is 43.6 Å². The molecule has 0 atom stereocenters. The minimum atomic E-state index is 0.860. The van der Waals surface area contributed by atoms with Gasteiger partial charge in [0, 0.05) is 17.8 Å². The fraction of sp³-hybridized carbons (Fsp3) is 0. The van der Waals surface area contributed by atoms with Crippen LogP contribution in [0.15, 0.2) is 182 Å². The lowest BCUT2D eigenvalue weighted by Gasteiger charge is -2.18. The molecule has 10 rings (SSSR count). The van der Waals surface area contributed by atoms with E-state index < -0.39 is 0 Å². The van der Waals surface area contributed by atoms with Gasteiger partial charge in [0.05, 0.1) is 5.69 Å². The van der Waals surface area contributed by atoms with E-state index in [0.717, 1.165) is 55.3 Å². The second kappa shape index (κ2) is 11.9. The average molecular weight is 651 g/mol. The Morgan fingerprint density at radius 3 is 1.49 bits per heavy atom. The van der Waals surface area contributed by atoms with Crippen LogP contribution in [0.5, 0.6) is 0 Å². The van der Waals surface area contributed by atoms with Crippen LogP contribution >= 0.6 is 0 Å². The molecule has 2 heterocycles. The van der Waals surface area contributed by atoms with Crippen LogP contribution in [0.2, 0.25) is 0 Å². The molecule has 0 aliphatic rings. The largest absolute Gasteiger partial charge is 0.264 e. The first-order valence-electron chi connectivity index (χ1n) is 17.2. The molecule has 0 aliphatic heterocycles. The number of benzene rings is 8. The molecule has 2 aromatic heterocycles. The Morgan fingerprint density at radius 2 is 0.882 bits per heavy atom. The zero-order chi connectivity index (χ0) is 33.7. The molecule has 4 nitrogen and oxygen atoms in total. The Bertz CT molecular complexity index is 2820. The number of hydrogen-bond acceptors (Lipinski definition) is 3. The van der Waals surface area contributed by atoms with E-state index in [9.17, 15) is 0 Å². The van der Waals surface area contributed by atoms with Gasteiger partial charge in [-0.05, 0) is 95.7 Å². The molecular weight excluding hydrogens is 621 g/mol. The van der Waals surface area contributed by atoms with Crippen molar-refractivity contribution in [1.29, 1.82) is 0 Å². The third-order valence-corrected chi connectivity index (χ3v) is 9.97. The first kappa shape index (κ1) is 29.0. The van der Waals surface area contributed by atoms with Crippen LogP contribution in [-0.4, -0.2) is 20.0 Å². The second-order valence-corrected chi connectivity index (χ2v) is 12.9. The molecular formula is C47H30N4. The van der Waals surface area contributed by atoms with Crippen LogP contribution in [0.1, 0.15) is 0 Å². The highest BCUT2D eigenvalue weighted by atomic mass is 15.5.